The monoisotopic (exact) mass is 238 g/mol. The Hall–Kier alpha value is -0.510. The van der Waals surface area contributed by atoms with Gasteiger partial charge >= 0.3 is 6.18 Å². The van der Waals surface area contributed by atoms with E-state index in [1.54, 1.807) is 0 Å². The van der Waals surface area contributed by atoms with Crippen molar-refractivity contribution in [3.63, 3.8) is 0 Å². The summed E-state index contributed by atoms with van der Waals surface area (Å²) >= 11 is 0. The summed E-state index contributed by atoms with van der Waals surface area (Å²) in [6, 6.07) is 0. The van der Waals surface area contributed by atoms with Crippen LogP contribution in [0.3, 0.4) is 0 Å². The molecule has 0 spiro atoms. The number of rotatable bonds is 8. The van der Waals surface area contributed by atoms with Crippen LogP contribution >= 0.6 is 0 Å². The summed E-state index contributed by atoms with van der Waals surface area (Å²) in [7, 11) is 0. The molecule has 0 heterocycles. The number of halogens is 3. The SMILES string of the molecule is C=C(C(O)CCCCCCCC)C(F)(F)F. The van der Waals surface area contributed by atoms with Gasteiger partial charge in [-0.05, 0) is 6.42 Å². The van der Waals surface area contributed by atoms with Crippen LogP contribution in [0.2, 0.25) is 0 Å². The average molecular weight is 238 g/mol. The molecule has 0 aliphatic carbocycles. The van der Waals surface area contributed by atoms with Crippen molar-refractivity contribution in [2.24, 2.45) is 0 Å². The molecule has 0 aliphatic heterocycles. The van der Waals surface area contributed by atoms with Crippen LogP contribution in [0, 0.1) is 0 Å². The Morgan fingerprint density at radius 3 is 2.12 bits per heavy atom. The Balaban J connectivity index is 3.58. The van der Waals surface area contributed by atoms with Crippen molar-refractivity contribution in [1.29, 1.82) is 0 Å². The third kappa shape index (κ3) is 6.88. The van der Waals surface area contributed by atoms with E-state index in [2.05, 4.69) is 13.5 Å². The van der Waals surface area contributed by atoms with E-state index in [4.69, 9.17) is 0 Å². The number of aliphatic hydroxyl groups is 1. The minimum atomic E-state index is -4.47. The van der Waals surface area contributed by atoms with E-state index in [0.29, 0.717) is 6.42 Å². The zero-order valence-corrected chi connectivity index (χ0v) is 9.82. The molecule has 0 saturated carbocycles. The standard InChI is InChI=1S/C12H21F3O/c1-3-4-5-6-7-8-9-11(16)10(2)12(13,14)15/h11,16H,2-9H2,1H3. The van der Waals surface area contributed by atoms with Crippen LogP contribution < -0.4 is 0 Å². The Labute approximate surface area is 95.4 Å². The van der Waals surface area contributed by atoms with Crippen LogP contribution in [0.5, 0.6) is 0 Å². The van der Waals surface area contributed by atoms with Gasteiger partial charge in [0.25, 0.3) is 0 Å². The molecule has 0 saturated heterocycles. The van der Waals surface area contributed by atoms with Crippen LogP contribution in [0.4, 0.5) is 13.2 Å². The Morgan fingerprint density at radius 2 is 1.62 bits per heavy atom. The van der Waals surface area contributed by atoms with Gasteiger partial charge in [0.2, 0.25) is 0 Å². The first-order chi connectivity index (χ1) is 7.39. The molecule has 0 rings (SSSR count). The average Bonchev–Trinajstić information content (AvgIpc) is 2.20. The van der Waals surface area contributed by atoms with E-state index in [9.17, 15) is 18.3 Å². The highest BCUT2D eigenvalue weighted by Gasteiger charge is 2.35. The highest BCUT2D eigenvalue weighted by Crippen LogP contribution is 2.28. The highest BCUT2D eigenvalue weighted by molar-refractivity contribution is 5.08. The van der Waals surface area contributed by atoms with Crippen molar-refractivity contribution >= 4 is 0 Å². The lowest BCUT2D eigenvalue weighted by molar-refractivity contribution is -0.105. The normalized spacial score (nSPS) is 13.8. The molecule has 0 radical (unpaired) electrons. The van der Waals surface area contributed by atoms with Crippen molar-refractivity contribution in [2.75, 3.05) is 0 Å². The minimum absolute atomic E-state index is 0.157. The molecule has 1 N–H and O–H groups in total. The summed E-state index contributed by atoms with van der Waals surface area (Å²) in [5, 5.41) is 9.24. The number of unbranched alkanes of at least 4 members (excludes halogenated alkanes) is 5. The van der Waals surface area contributed by atoms with Crippen LogP contribution in [-0.4, -0.2) is 17.4 Å². The smallest absolute Gasteiger partial charge is 0.388 e. The van der Waals surface area contributed by atoms with Crippen molar-refractivity contribution in [3.8, 4) is 0 Å². The molecule has 0 bridgehead atoms. The first-order valence-electron chi connectivity index (χ1n) is 5.83. The largest absolute Gasteiger partial charge is 0.414 e. The van der Waals surface area contributed by atoms with Crippen molar-refractivity contribution in [2.45, 2.75) is 64.1 Å². The van der Waals surface area contributed by atoms with Crippen molar-refractivity contribution < 1.29 is 18.3 Å². The van der Waals surface area contributed by atoms with E-state index < -0.39 is 17.9 Å². The minimum Gasteiger partial charge on any atom is -0.388 e. The summed E-state index contributed by atoms with van der Waals surface area (Å²) in [5.41, 5.74) is -1.03. The molecule has 0 fully saturated rings. The fourth-order valence-electron chi connectivity index (χ4n) is 1.48. The fraction of sp³-hybridized carbons (Fsp3) is 0.833. The zero-order chi connectivity index (χ0) is 12.6. The number of hydrogen-bond acceptors (Lipinski definition) is 1. The number of hydrogen-bond donors (Lipinski definition) is 1. The van der Waals surface area contributed by atoms with E-state index in [0.717, 1.165) is 32.1 Å². The van der Waals surface area contributed by atoms with Gasteiger partial charge in [-0.25, -0.2) is 0 Å². The lowest BCUT2D eigenvalue weighted by Crippen LogP contribution is -2.23. The molecule has 1 nitrogen and oxygen atoms in total. The summed E-state index contributed by atoms with van der Waals surface area (Å²) in [6.45, 7) is 4.99. The Morgan fingerprint density at radius 1 is 1.12 bits per heavy atom. The second-order valence-electron chi connectivity index (χ2n) is 4.10. The number of alkyl halides is 3. The first-order valence-corrected chi connectivity index (χ1v) is 5.83. The van der Waals surface area contributed by atoms with Gasteiger partial charge in [-0.3, -0.25) is 0 Å². The van der Waals surface area contributed by atoms with E-state index in [1.165, 1.54) is 0 Å². The molecule has 0 aromatic rings. The molecule has 0 amide bonds. The molecule has 0 aliphatic rings. The van der Waals surface area contributed by atoms with Crippen LogP contribution in [0.15, 0.2) is 12.2 Å². The first kappa shape index (κ1) is 15.5. The topological polar surface area (TPSA) is 20.2 Å². The maximum absolute atomic E-state index is 12.1. The number of aliphatic hydroxyl groups excluding tert-OH is 1. The van der Waals surface area contributed by atoms with E-state index in [-0.39, 0.29) is 6.42 Å². The molecule has 1 unspecified atom stereocenters. The second kappa shape index (κ2) is 7.71. The third-order valence-electron chi connectivity index (χ3n) is 2.60. The molecule has 0 aromatic carbocycles. The second-order valence-corrected chi connectivity index (χ2v) is 4.10. The van der Waals surface area contributed by atoms with Crippen LogP contribution in [0.25, 0.3) is 0 Å². The van der Waals surface area contributed by atoms with E-state index in [1.807, 2.05) is 0 Å². The van der Waals surface area contributed by atoms with Gasteiger partial charge < -0.3 is 5.11 Å². The molecule has 0 aromatic heterocycles. The van der Waals surface area contributed by atoms with Crippen molar-refractivity contribution in [1.82, 2.24) is 0 Å². The lowest BCUT2D eigenvalue weighted by atomic mass is 10.0. The van der Waals surface area contributed by atoms with Crippen LogP contribution in [-0.2, 0) is 0 Å². The molecule has 1 atom stereocenters. The maximum atomic E-state index is 12.1. The summed E-state index contributed by atoms with van der Waals surface area (Å²) in [4.78, 5) is 0. The molecule has 4 heteroatoms. The van der Waals surface area contributed by atoms with Gasteiger partial charge in [-0.2, -0.15) is 13.2 Å². The Kier molecular flexibility index (Phi) is 7.47. The molecular weight excluding hydrogens is 217 g/mol. The Bertz CT molecular complexity index is 199. The molecular formula is C12H21F3O. The fourth-order valence-corrected chi connectivity index (χ4v) is 1.48. The summed E-state index contributed by atoms with van der Waals surface area (Å²) in [5.74, 6) is 0. The predicted molar refractivity (Wildman–Crippen MR) is 59.2 cm³/mol. The lowest BCUT2D eigenvalue weighted by Gasteiger charge is -2.16. The van der Waals surface area contributed by atoms with Gasteiger partial charge in [0, 0.05) is 0 Å². The van der Waals surface area contributed by atoms with Gasteiger partial charge in [0.1, 0.15) is 0 Å². The van der Waals surface area contributed by atoms with Gasteiger partial charge in [0.05, 0.1) is 11.7 Å². The summed E-state index contributed by atoms with van der Waals surface area (Å²) < 4.78 is 36.3. The van der Waals surface area contributed by atoms with E-state index >= 15 is 0 Å². The van der Waals surface area contributed by atoms with Gasteiger partial charge in [0.15, 0.2) is 0 Å². The van der Waals surface area contributed by atoms with Crippen LogP contribution in [0.1, 0.15) is 51.9 Å². The van der Waals surface area contributed by atoms with Crippen molar-refractivity contribution in [3.05, 3.63) is 12.2 Å². The zero-order valence-electron chi connectivity index (χ0n) is 9.82. The quantitative estimate of drug-likeness (QED) is 0.496. The highest BCUT2D eigenvalue weighted by atomic mass is 19.4. The molecule has 96 valence electrons. The van der Waals surface area contributed by atoms with Gasteiger partial charge in [-0.15, -0.1) is 0 Å². The molecule has 16 heavy (non-hydrogen) atoms. The predicted octanol–water partition coefficient (Wildman–Crippen LogP) is 4.22. The third-order valence-corrected chi connectivity index (χ3v) is 2.60. The maximum Gasteiger partial charge on any atom is 0.414 e. The summed E-state index contributed by atoms with van der Waals surface area (Å²) in [6.07, 6.45) is 0.206. The van der Waals surface area contributed by atoms with Gasteiger partial charge in [-0.1, -0.05) is 52.0 Å².